The standard InChI is InChI=1S/C14H22N2/c1-11-4-3-9-16(10-11)14-7-5-13(6-8-14)12(2)15/h5-8,11-12H,3-4,9-10,15H2,1-2H3/t11-,12-/m1/s1. The van der Waals surface area contributed by atoms with Crippen LogP contribution in [0.15, 0.2) is 24.3 Å². The van der Waals surface area contributed by atoms with Crippen molar-refractivity contribution in [1.29, 1.82) is 0 Å². The summed E-state index contributed by atoms with van der Waals surface area (Å²) in [6, 6.07) is 8.85. The van der Waals surface area contributed by atoms with Crippen molar-refractivity contribution in [2.24, 2.45) is 11.7 Å². The Labute approximate surface area is 98.4 Å². The molecule has 0 radical (unpaired) electrons. The van der Waals surface area contributed by atoms with Gasteiger partial charge in [0.2, 0.25) is 0 Å². The minimum atomic E-state index is 0.134. The van der Waals surface area contributed by atoms with Crippen molar-refractivity contribution in [3.05, 3.63) is 29.8 Å². The number of nitrogens with two attached hydrogens (primary N) is 1. The van der Waals surface area contributed by atoms with Gasteiger partial charge in [0.1, 0.15) is 0 Å². The molecule has 2 rings (SSSR count). The Kier molecular flexibility index (Phi) is 3.49. The van der Waals surface area contributed by atoms with Gasteiger partial charge >= 0.3 is 0 Å². The van der Waals surface area contributed by atoms with Crippen molar-refractivity contribution >= 4 is 5.69 Å². The summed E-state index contributed by atoms with van der Waals surface area (Å²) in [5.74, 6) is 0.821. The zero-order chi connectivity index (χ0) is 11.5. The minimum absolute atomic E-state index is 0.134. The average molecular weight is 218 g/mol. The number of anilines is 1. The van der Waals surface area contributed by atoms with E-state index in [0.29, 0.717) is 0 Å². The first-order chi connectivity index (χ1) is 7.66. The van der Waals surface area contributed by atoms with E-state index in [9.17, 15) is 0 Å². The number of nitrogens with zero attached hydrogens (tertiary/aromatic N) is 1. The fourth-order valence-corrected chi connectivity index (χ4v) is 2.41. The number of benzene rings is 1. The summed E-state index contributed by atoms with van der Waals surface area (Å²) in [5.41, 5.74) is 8.41. The van der Waals surface area contributed by atoms with Crippen molar-refractivity contribution in [1.82, 2.24) is 0 Å². The first-order valence-corrected chi connectivity index (χ1v) is 6.27. The third-order valence-electron chi connectivity index (χ3n) is 3.44. The van der Waals surface area contributed by atoms with Crippen LogP contribution in [0.3, 0.4) is 0 Å². The smallest absolute Gasteiger partial charge is 0.0366 e. The zero-order valence-electron chi connectivity index (χ0n) is 10.3. The molecule has 1 aliphatic heterocycles. The lowest BCUT2D eigenvalue weighted by Gasteiger charge is -2.33. The third kappa shape index (κ3) is 2.56. The molecular formula is C14H22N2. The molecule has 1 aromatic carbocycles. The maximum Gasteiger partial charge on any atom is 0.0366 e. The highest BCUT2D eigenvalue weighted by molar-refractivity contribution is 5.48. The first kappa shape index (κ1) is 11.5. The van der Waals surface area contributed by atoms with E-state index in [4.69, 9.17) is 5.73 Å². The average Bonchev–Trinajstić information content (AvgIpc) is 2.29. The predicted octanol–water partition coefficient (Wildman–Crippen LogP) is 2.94. The van der Waals surface area contributed by atoms with E-state index in [2.05, 4.69) is 36.1 Å². The summed E-state index contributed by atoms with van der Waals surface area (Å²) in [5, 5.41) is 0. The van der Waals surface area contributed by atoms with Crippen LogP contribution in [0.1, 0.15) is 38.3 Å². The molecule has 1 aromatic rings. The molecule has 16 heavy (non-hydrogen) atoms. The molecule has 1 fully saturated rings. The molecule has 0 aliphatic carbocycles. The highest BCUT2D eigenvalue weighted by atomic mass is 15.1. The Bertz CT molecular complexity index is 329. The van der Waals surface area contributed by atoms with Crippen LogP contribution in [0.25, 0.3) is 0 Å². The molecule has 1 saturated heterocycles. The summed E-state index contributed by atoms with van der Waals surface area (Å²) >= 11 is 0. The topological polar surface area (TPSA) is 29.3 Å². The van der Waals surface area contributed by atoms with E-state index in [1.807, 2.05) is 6.92 Å². The van der Waals surface area contributed by atoms with Gasteiger partial charge in [-0.2, -0.15) is 0 Å². The van der Waals surface area contributed by atoms with Gasteiger partial charge in [-0.15, -0.1) is 0 Å². The minimum Gasteiger partial charge on any atom is -0.371 e. The summed E-state index contributed by atoms with van der Waals surface area (Å²) in [4.78, 5) is 2.49. The van der Waals surface area contributed by atoms with Crippen molar-refractivity contribution in [2.75, 3.05) is 18.0 Å². The van der Waals surface area contributed by atoms with Gasteiger partial charge in [0.05, 0.1) is 0 Å². The zero-order valence-corrected chi connectivity index (χ0v) is 10.3. The van der Waals surface area contributed by atoms with E-state index in [-0.39, 0.29) is 6.04 Å². The molecule has 0 amide bonds. The van der Waals surface area contributed by atoms with Gasteiger partial charge in [-0.25, -0.2) is 0 Å². The Balaban J connectivity index is 2.09. The molecule has 1 heterocycles. The van der Waals surface area contributed by atoms with Crippen molar-refractivity contribution < 1.29 is 0 Å². The second kappa shape index (κ2) is 4.88. The predicted molar refractivity (Wildman–Crippen MR) is 69.7 cm³/mol. The molecule has 2 atom stereocenters. The number of hydrogen-bond donors (Lipinski definition) is 1. The van der Waals surface area contributed by atoms with Crippen molar-refractivity contribution in [3.63, 3.8) is 0 Å². The van der Waals surface area contributed by atoms with Crippen LogP contribution in [-0.2, 0) is 0 Å². The van der Waals surface area contributed by atoms with E-state index in [1.165, 1.54) is 37.2 Å². The van der Waals surface area contributed by atoms with Gasteiger partial charge in [-0.1, -0.05) is 19.1 Å². The van der Waals surface area contributed by atoms with Crippen LogP contribution in [0, 0.1) is 5.92 Å². The van der Waals surface area contributed by atoms with Gasteiger partial charge in [0, 0.05) is 24.8 Å². The molecular weight excluding hydrogens is 196 g/mol. The molecule has 2 heteroatoms. The van der Waals surface area contributed by atoms with E-state index in [0.717, 1.165) is 5.92 Å². The fourth-order valence-electron chi connectivity index (χ4n) is 2.41. The highest BCUT2D eigenvalue weighted by Gasteiger charge is 2.16. The molecule has 2 N–H and O–H groups in total. The van der Waals surface area contributed by atoms with E-state index in [1.54, 1.807) is 0 Å². The fraction of sp³-hybridized carbons (Fsp3) is 0.571. The van der Waals surface area contributed by atoms with Gasteiger partial charge in [0.15, 0.2) is 0 Å². The summed E-state index contributed by atoms with van der Waals surface area (Å²) in [6.07, 6.45) is 2.69. The lowest BCUT2D eigenvalue weighted by molar-refractivity contribution is 0.447. The Hall–Kier alpha value is -1.02. The first-order valence-electron chi connectivity index (χ1n) is 6.27. The largest absolute Gasteiger partial charge is 0.371 e. The molecule has 2 nitrogen and oxygen atoms in total. The summed E-state index contributed by atoms with van der Waals surface area (Å²) in [7, 11) is 0. The number of hydrogen-bond acceptors (Lipinski definition) is 2. The molecule has 0 saturated carbocycles. The van der Waals surface area contributed by atoms with Gasteiger partial charge in [-0.3, -0.25) is 0 Å². The highest BCUT2D eigenvalue weighted by Crippen LogP contribution is 2.24. The van der Waals surface area contributed by atoms with E-state index < -0.39 is 0 Å². The monoisotopic (exact) mass is 218 g/mol. The van der Waals surface area contributed by atoms with Gasteiger partial charge in [0.25, 0.3) is 0 Å². The second-order valence-corrected chi connectivity index (χ2v) is 5.07. The number of piperidine rings is 1. The van der Waals surface area contributed by atoms with Crippen LogP contribution in [-0.4, -0.2) is 13.1 Å². The van der Waals surface area contributed by atoms with E-state index >= 15 is 0 Å². The van der Waals surface area contributed by atoms with Crippen LogP contribution >= 0.6 is 0 Å². The van der Waals surface area contributed by atoms with Crippen molar-refractivity contribution in [3.8, 4) is 0 Å². The molecule has 0 spiro atoms. The van der Waals surface area contributed by atoms with Crippen molar-refractivity contribution in [2.45, 2.75) is 32.7 Å². The van der Waals surface area contributed by atoms with Gasteiger partial charge in [-0.05, 0) is 43.4 Å². The second-order valence-electron chi connectivity index (χ2n) is 5.07. The molecule has 1 aliphatic rings. The Morgan fingerprint density at radius 1 is 1.31 bits per heavy atom. The number of rotatable bonds is 2. The lowest BCUT2D eigenvalue weighted by Crippen LogP contribution is -2.34. The lowest BCUT2D eigenvalue weighted by atomic mass is 9.99. The Morgan fingerprint density at radius 2 is 2.00 bits per heavy atom. The molecule has 0 unspecified atom stereocenters. The third-order valence-corrected chi connectivity index (χ3v) is 3.44. The van der Waals surface area contributed by atoms with Crippen LogP contribution in [0.2, 0.25) is 0 Å². The normalized spacial score (nSPS) is 23.2. The molecule has 88 valence electrons. The van der Waals surface area contributed by atoms with Crippen LogP contribution in [0.5, 0.6) is 0 Å². The molecule has 0 aromatic heterocycles. The maximum atomic E-state index is 5.85. The summed E-state index contributed by atoms with van der Waals surface area (Å²) in [6.45, 7) is 6.75. The SMILES string of the molecule is C[C@@H]1CCCN(c2ccc([C@@H](C)N)cc2)C1. The van der Waals surface area contributed by atoms with Crippen LogP contribution in [0.4, 0.5) is 5.69 Å². The summed E-state index contributed by atoms with van der Waals surface area (Å²) < 4.78 is 0. The maximum absolute atomic E-state index is 5.85. The van der Waals surface area contributed by atoms with Gasteiger partial charge < -0.3 is 10.6 Å². The molecule has 0 bridgehead atoms. The van der Waals surface area contributed by atoms with Crippen LogP contribution < -0.4 is 10.6 Å². The quantitative estimate of drug-likeness (QED) is 0.827. The Morgan fingerprint density at radius 3 is 2.56 bits per heavy atom.